The quantitative estimate of drug-likeness (QED) is 0.558. The summed E-state index contributed by atoms with van der Waals surface area (Å²) >= 11 is 8.41. The molecule has 0 saturated heterocycles. The van der Waals surface area contributed by atoms with Crippen molar-refractivity contribution in [2.45, 2.75) is 18.2 Å². The van der Waals surface area contributed by atoms with Gasteiger partial charge in [0.1, 0.15) is 0 Å². The van der Waals surface area contributed by atoms with Crippen LogP contribution in [0, 0.1) is 0 Å². The molecular formula is C17H13ClS. The minimum atomic E-state index is -0.0371. The molecule has 4 rings (SSSR count). The molecule has 2 heteroatoms. The third kappa shape index (κ3) is 1.73. The first-order valence-electron chi connectivity index (χ1n) is 6.55. The summed E-state index contributed by atoms with van der Waals surface area (Å²) in [5, 5.41) is 4.83. The first kappa shape index (κ1) is 11.5. The van der Waals surface area contributed by atoms with Crippen molar-refractivity contribution in [1.82, 2.24) is 0 Å². The van der Waals surface area contributed by atoms with Crippen LogP contribution in [0.2, 0.25) is 0 Å². The fourth-order valence-electron chi connectivity index (χ4n) is 3.08. The number of rotatable bonds is 2. The summed E-state index contributed by atoms with van der Waals surface area (Å²) in [5.41, 5.74) is 4.19. The zero-order valence-corrected chi connectivity index (χ0v) is 12.0. The van der Waals surface area contributed by atoms with Crippen LogP contribution in [0.5, 0.6) is 0 Å². The second kappa shape index (κ2) is 4.36. The lowest BCUT2D eigenvalue weighted by molar-refractivity contribution is 1.02. The fraction of sp³-hybridized carbons (Fsp3) is 0.176. The molecule has 2 aromatic carbocycles. The summed E-state index contributed by atoms with van der Waals surface area (Å²) in [6.07, 6.45) is 2.34. The lowest BCUT2D eigenvalue weighted by atomic mass is 9.97. The van der Waals surface area contributed by atoms with Gasteiger partial charge >= 0.3 is 0 Å². The van der Waals surface area contributed by atoms with Crippen molar-refractivity contribution in [3.63, 3.8) is 0 Å². The molecule has 0 amide bonds. The van der Waals surface area contributed by atoms with Gasteiger partial charge in [0.05, 0.1) is 5.38 Å². The Hall–Kier alpha value is -1.31. The van der Waals surface area contributed by atoms with Gasteiger partial charge in [0.25, 0.3) is 0 Å². The van der Waals surface area contributed by atoms with E-state index in [-0.39, 0.29) is 5.38 Å². The molecule has 0 aliphatic heterocycles. The predicted molar refractivity (Wildman–Crippen MR) is 83.4 cm³/mol. The number of benzene rings is 2. The van der Waals surface area contributed by atoms with Gasteiger partial charge in [-0.05, 0) is 51.8 Å². The Morgan fingerprint density at radius 1 is 0.947 bits per heavy atom. The Kier molecular flexibility index (Phi) is 2.64. The van der Waals surface area contributed by atoms with E-state index < -0.39 is 0 Å². The molecule has 1 heterocycles. The first-order chi connectivity index (χ1) is 9.34. The van der Waals surface area contributed by atoms with Crippen molar-refractivity contribution < 1.29 is 0 Å². The first-order valence-corrected chi connectivity index (χ1v) is 7.87. The molecule has 19 heavy (non-hydrogen) atoms. The molecule has 0 bridgehead atoms. The Balaban J connectivity index is 1.97. The SMILES string of the molecule is ClC(c1cccs1)c1ccc2c3c(cccc13)CC2. The van der Waals surface area contributed by atoms with Gasteiger partial charge < -0.3 is 0 Å². The van der Waals surface area contributed by atoms with Crippen LogP contribution in [0.25, 0.3) is 10.8 Å². The van der Waals surface area contributed by atoms with Crippen molar-refractivity contribution >= 4 is 33.7 Å². The smallest absolute Gasteiger partial charge is 0.0933 e. The van der Waals surface area contributed by atoms with Crippen molar-refractivity contribution in [3.8, 4) is 0 Å². The van der Waals surface area contributed by atoms with E-state index in [1.807, 2.05) is 0 Å². The Labute approximate surface area is 121 Å². The Morgan fingerprint density at radius 3 is 2.58 bits per heavy atom. The maximum absolute atomic E-state index is 6.69. The summed E-state index contributed by atoms with van der Waals surface area (Å²) in [6, 6.07) is 15.3. The molecule has 1 atom stereocenters. The van der Waals surface area contributed by atoms with Crippen LogP contribution in [0.15, 0.2) is 47.8 Å². The average molecular weight is 285 g/mol. The summed E-state index contributed by atoms with van der Waals surface area (Å²) in [6.45, 7) is 0. The summed E-state index contributed by atoms with van der Waals surface area (Å²) in [5.74, 6) is 0. The molecule has 1 aliphatic carbocycles. The highest BCUT2D eigenvalue weighted by Crippen LogP contribution is 2.40. The van der Waals surface area contributed by atoms with E-state index in [4.69, 9.17) is 11.6 Å². The van der Waals surface area contributed by atoms with Crippen LogP contribution >= 0.6 is 22.9 Å². The molecule has 1 aromatic heterocycles. The van der Waals surface area contributed by atoms with Crippen LogP contribution < -0.4 is 0 Å². The van der Waals surface area contributed by atoms with E-state index in [9.17, 15) is 0 Å². The van der Waals surface area contributed by atoms with Gasteiger partial charge in [0, 0.05) is 4.88 Å². The molecule has 0 spiro atoms. The minimum Gasteiger partial charge on any atom is -0.147 e. The predicted octanol–water partition coefficient (Wildman–Crippen LogP) is 5.33. The van der Waals surface area contributed by atoms with Crippen LogP contribution in [0.1, 0.15) is 26.9 Å². The standard InChI is InChI=1S/C17H13ClS/c18-17(15-5-2-10-19-15)14-9-8-12-7-6-11-3-1-4-13(14)16(11)12/h1-5,8-10,17H,6-7H2. The highest BCUT2D eigenvalue weighted by Gasteiger charge is 2.20. The van der Waals surface area contributed by atoms with Crippen LogP contribution in [0.4, 0.5) is 0 Å². The van der Waals surface area contributed by atoms with Gasteiger partial charge in [-0.2, -0.15) is 0 Å². The summed E-state index contributed by atoms with van der Waals surface area (Å²) < 4.78 is 0. The number of aryl methyl sites for hydroxylation is 2. The van der Waals surface area contributed by atoms with E-state index in [1.54, 1.807) is 11.3 Å². The fourth-order valence-corrected chi connectivity index (χ4v) is 4.21. The van der Waals surface area contributed by atoms with E-state index in [2.05, 4.69) is 47.8 Å². The summed E-state index contributed by atoms with van der Waals surface area (Å²) in [7, 11) is 0. The maximum atomic E-state index is 6.69. The summed E-state index contributed by atoms with van der Waals surface area (Å²) in [4.78, 5) is 1.22. The number of hydrogen-bond acceptors (Lipinski definition) is 1. The lowest BCUT2D eigenvalue weighted by Gasteiger charge is -2.13. The monoisotopic (exact) mass is 284 g/mol. The highest BCUT2D eigenvalue weighted by molar-refractivity contribution is 7.10. The average Bonchev–Trinajstić information content (AvgIpc) is 3.09. The number of alkyl halides is 1. The largest absolute Gasteiger partial charge is 0.147 e. The molecule has 0 fully saturated rings. The normalized spacial score (nSPS) is 15.0. The Bertz CT molecular complexity index is 733. The van der Waals surface area contributed by atoms with Crippen LogP contribution in [-0.2, 0) is 12.8 Å². The number of halogens is 1. The van der Waals surface area contributed by atoms with Crippen molar-refractivity contribution in [2.75, 3.05) is 0 Å². The molecule has 1 unspecified atom stereocenters. The zero-order valence-electron chi connectivity index (χ0n) is 10.4. The molecule has 0 saturated carbocycles. The van der Waals surface area contributed by atoms with E-state index in [1.165, 1.54) is 45.2 Å². The van der Waals surface area contributed by atoms with Crippen LogP contribution in [-0.4, -0.2) is 0 Å². The number of hydrogen-bond donors (Lipinski definition) is 0. The molecule has 3 aromatic rings. The van der Waals surface area contributed by atoms with Gasteiger partial charge in [-0.25, -0.2) is 0 Å². The van der Waals surface area contributed by atoms with Crippen LogP contribution in [0.3, 0.4) is 0 Å². The third-order valence-electron chi connectivity index (χ3n) is 3.98. The lowest BCUT2D eigenvalue weighted by Crippen LogP contribution is -1.93. The molecule has 0 radical (unpaired) electrons. The Morgan fingerprint density at radius 2 is 1.79 bits per heavy atom. The zero-order chi connectivity index (χ0) is 12.8. The van der Waals surface area contributed by atoms with Gasteiger partial charge in [0.15, 0.2) is 0 Å². The second-order valence-corrected chi connectivity index (χ2v) is 6.45. The number of thiophene rings is 1. The highest BCUT2D eigenvalue weighted by atomic mass is 35.5. The van der Waals surface area contributed by atoms with Crippen molar-refractivity contribution in [3.05, 3.63) is 69.4 Å². The maximum Gasteiger partial charge on any atom is 0.0933 e. The molecule has 0 nitrogen and oxygen atoms in total. The van der Waals surface area contributed by atoms with Crippen molar-refractivity contribution in [2.24, 2.45) is 0 Å². The van der Waals surface area contributed by atoms with E-state index in [0.29, 0.717) is 0 Å². The van der Waals surface area contributed by atoms with Gasteiger partial charge in [-0.1, -0.05) is 36.4 Å². The van der Waals surface area contributed by atoms with E-state index >= 15 is 0 Å². The van der Waals surface area contributed by atoms with E-state index in [0.717, 1.165) is 0 Å². The third-order valence-corrected chi connectivity index (χ3v) is 5.51. The van der Waals surface area contributed by atoms with Crippen molar-refractivity contribution in [1.29, 1.82) is 0 Å². The van der Waals surface area contributed by atoms with Gasteiger partial charge in [0.2, 0.25) is 0 Å². The van der Waals surface area contributed by atoms with Gasteiger partial charge in [-0.15, -0.1) is 22.9 Å². The van der Waals surface area contributed by atoms with Gasteiger partial charge in [-0.3, -0.25) is 0 Å². The second-order valence-electron chi connectivity index (χ2n) is 5.03. The molecule has 94 valence electrons. The molecular weight excluding hydrogens is 272 g/mol. The molecule has 1 aliphatic rings. The topological polar surface area (TPSA) is 0 Å². The molecule has 0 N–H and O–H groups in total. The minimum absolute atomic E-state index is 0.0371.